The maximum Gasteiger partial charge on any atom is 0.586 e. The van der Waals surface area contributed by atoms with E-state index in [0.717, 1.165) is 9.75 Å². The number of hydrogen-bond donors (Lipinski definition) is 1. The van der Waals surface area contributed by atoms with Crippen molar-refractivity contribution in [1.82, 2.24) is 29.8 Å². The van der Waals surface area contributed by atoms with E-state index in [9.17, 15) is 32.4 Å². The molecule has 1 aliphatic heterocycles. The molecule has 4 heterocycles. The van der Waals surface area contributed by atoms with E-state index in [0.29, 0.717) is 59.9 Å². The third-order valence-corrected chi connectivity index (χ3v) is 11.0. The zero-order valence-corrected chi connectivity index (χ0v) is 41.5. The first-order valence-electron chi connectivity index (χ1n) is 21.3. The number of ether oxygens (including phenoxy) is 6. The lowest BCUT2D eigenvalue weighted by molar-refractivity contribution is -0.286. The summed E-state index contributed by atoms with van der Waals surface area (Å²) in [6, 6.07) is 26.2. The highest BCUT2D eigenvalue weighted by Gasteiger charge is 2.45. The number of fused-ring (bicyclic) bond motifs is 1. The van der Waals surface area contributed by atoms with Crippen molar-refractivity contribution < 1.29 is 60.4 Å². The first-order valence-corrected chi connectivity index (χ1v) is 22.4. The van der Waals surface area contributed by atoms with Crippen molar-refractivity contribution in [1.29, 1.82) is 10.5 Å². The number of carbonyl (C=O) groups is 2. The Morgan fingerprint density at radius 2 is 1.50 bits per heavy atom. The number of carbonyl (C=O) groups excluding carboxylic acids is 2. The molecule has 0 spiro atoms. The summed E-state index contributed by atoms with van der Waals surface area (Å²) in [4.78, 5) is 40.9. The quantitative estimate of drug-likeness (QED) is 0.0353. The molecule has 74 heavy (non-hydrogen) atoms. The predicted octanol–water partition coefficient (Wildman–Crippen LogP) is 11.9. The molecule has 1 N–H and O–H groups in total. The molecule has 7 aromatic rings. The van der Waals surface area contributed by atoms with Gasteiger partial charge in [0.15, 0.2) is 11.5 Å². The van der Waals surface area contributed by atoms with Crippen LogP contribution in [0.5, 0.6) is 34.8 Å². The average molecular weight is 1080 g/mol. The highest BCUT2D eigenvalue weighted by molar-refractivity contribution is 6.39. The summed E-state index contributed by atoms with van der Waals surface area (Å²) in [5.41, 5.74) is 1.99. The van der Waals surface area contributed by atoms with Crippen LogP contribution in [0.3, 0.4) is 0 Å². The maximum atomic E-state index is 13.1. The number of H-pyrrole nitrogens is 1. The second-order valence-electron chi connectivity index (χ2n) is 15.1. The molecule has 0 radical (unpaired) electrons. The number of alkyl halides is 4. The molecular weight excluding hydrogens is 1040 g/mol. The molecule has 24 heteroatoms. The number of nitriles is 2. The number of aromatic nitrogens is 5. The van der Waals surface area contributed by atoms with Crippen molar-refractivity contribution >= 4 is 52.3 Å². The smallest absolute Gasteiger partial charge is 0.503 e. The second kappa shape index (κ2) is 24.9. The summed E-state index contributed by atoms with van der Waals surface area (Å²) >= 11 is 18.2. The third-order valence-electron chi connectivity index (χ3n) is 10.2. The summed E-state index contributed by atoms with van der Waals surface area (Å²) in [6.07, 6.45) is 0.502. The topological polar surface area (TPSA) is 209 Å². The van der Waals surface area contributed by atoms with Crippen molar-refractivity contribution in [3.63, 3.8) is 0 Å². The van der Waals surface area contributed by atoms with E-state index >= 15 is 0 Å². The fourth-order valence-corrected chi connectivity index (χ4v) is 7.93. The van der Waals surface area contributed by atoms with Gasteiger partial charge in [0.2, 0.25) is 11.8 Å². The van der Waals surface area contributed by atoms with Crippen LogP contribution in [-0.2, 0) is 32.6 Å². The van der Waals surface area contributed by atoms with E-state index in [4.69, 9.17) is 63.8 Å². The lowest BCUT2D eigenvalue weighted by Gasteiger charge is -2.27. The third kappa shape index (κ3) is 13.4. The normalized spacial score (nSPS) is 12.4. The summed E-state index contributed by atoms with van der Waals surface area (Å²) in [5, 5.41) is 23.8. The predicted molar refractivity (Wildman–Crippen MR) is 260 cm³/mol. The number of nitrogens with one attached hydrogen (secondary N) is 1. The van der Waals surface area contributed by atoms with Crippen molar-refractivity contribution in [3.8, 4) is 58.0 Å². The lowest BCUT2D eigenvalue weighted by atomic mass is 10.0. The molecule has 382 valence electrons. The Balaban J connectivity index is 0.000000186. The van der Waals surface area contributed by atoms with Gasteiger partial charge in [-0.15, -0.1) is 8.78 Å². The number of hydroxylamine groups is 2. The van der Waals surface area contributed by atoms with Crippen LogP contribution in [-0.4, -0.2) is 75.3 Å². The average Bonchev–Trinajstić information content (AvgIpc) is 4.11. The van der Waals surface area contributed by atoms with E-state index in [1.54, 1.807) is 73.8 Å². The molecule has 1 atom stereocenters. The summed E-state index contributed by atoms with van der Waals surface area (Å²) in [6.45, 7) is 1.68. The maximum absolute atomic E-state index is 13.1. The minimum absolute atomic E-state index is 0.0393. The first kappa shape index (κ1) is 55.0. The molecule has 1 aliphatic rings. The number of aryl methyl sites for hydroxylation is 1. The van der Waals surface area contributed by atoms with Crippen molar-refractivity contribution in [3.05, 3.63) is 165 Å². The number of nitrogens with zero attached hydrogens (tertiary/aromatic N) is 7. The van der Waals surface area contributed by atoms with Crippen LogP contribution in [0.25, 0.3) is 16.7 Å². The number of rotatable bonds is 14. The van der Waals surface area contributed by atoms with Crippen LogP contribution in [0.2, 0.25) is 15.1 Å². The molecule has 0 aliphatic carbocycles. The largest absolute Gasteiger partial charge is 0.586 e. The zero-order valence-electron chi connectivity index (χ0n) is 39.3. The Morgan fingerprint density at radius 1 is 0.851 bits per heavy atom. The monoisotopic (exact) mass is 1080 g/mol. The Kier molecular flexibility index (Phi) is 18.5. The van der Waals surface area contributed by atoms with Crippen LogP contribution >= 0.6 is 34.8 Å². The van der Waals surface area contributed by atoms with E-state index in [-0.39, 0.29) is 40.8 Å². The van der Waals surface area contributed by atoms with Gasteiger partial charge in [0.05, 0.1) is 56.4 Å². The van der Waals surface area contributed by atoms with Crippen LogP contribution in [0, 0.1) is 22.7 Å². The van der Waals surface area contributed by atoms with Gasteiger partial charge in [0.1, 0.15) is 41.2 Å². The van der Waals surface area contributed by atoms with E-state index < -0.39 is 36.3 Å². The molecule has 17 nitrogen and oxygen atoms in total. The van der Waals surface area contributed by atoms with Crippen LogP contribution < -0.4 is 18.9 Å². The first-order chi connectivity index (χ1) is 35.4. The number of halogens is 7. The molecule has 0 fully saturated rings. The molecule has 0 bridgehead atoms. The molecule has 1 amide bonds. The van der Waals surface area contributed by atoms with Crippen molar-refractivity contribution in [2.45, 2.75) is 32.1 Å². The minimum atomic E-state index is -3.67. The molecule has 3 aromatic heterocycles. The second-order valence-corrected chi connectivity index (χ2v) is 16.3. The highest BCUT2D eigenvalue weighted by atomic mass is 35.5. The van der Waals surface area contributed by atoms with Crippen LogP contribution in [0.1, 0.15) is 51.7 Å². The fourth-order valence-electron chi connectivity index (χ4n) is 6.95. The zero-order chi connectivity index (χ0) is 53.7. The number of esters is 1. The molecule has 8 rings (SSSR count). The van der Waals surface area contributed by atoms with Gasteiger partial charge in [-0.05, 0) is 55.3 Å². The van der Waals surface area contributed by atoms with Gasteiger partial charge in [0, 0.05) is 57.4 Å². The van der Waals surface area contributed by atoms with E-state index in [1.807, 2.05) is 6.07 Å². The lowest BCUT2D eigenvalue weighted by Crippen LogP contribution is -2.39. The number of aromatic amines is 1. The summed E-state index contributed by atoms with van der Waals surface area (Å²) in [5.74, 6) is -0.308. The minimum Gasteiger partial charge on any atom is -0.503 e. The highest BCUT2D eigenvalue weighted by Crippen LogP contribution is 2.47. The summed E-state index contributed by atoms with van der Waals surface area (Å²) in [7, 11) is 5.44. The van der Waals surface area contributed by atoms with Gasteiger partial charge in [-0.3, -0.25) is 14.3 Å². The number of methoxy groups -OCH3 is 2. The van der Waals surface area contributed by atoms with Crippen molar-refractivity contribution in [2.75, 3.05) is 21.3 Å². The molecular formula is C50H39Cl3F4N8O9. The molecule has 0 saturated carbocycles. The van der Waals surface area contributed by atoms with Gasteiger partial charge >= 0.3 is 12.3 Å². The Bertz CT molecular complexity index is 3250. The number of para-hydroxylation sites is 3. The Hall–Kier alpha value is -8.34. The number of amides is 1. The summed E-state index contributed by atoms with van der Waals surface area (Å²) < 4.78 is 83.7. The van der Waals surface area contributed by atoms with Gasteiger partial charge in [0.25, 0.3) is 12.3 Å². The van der Waals surface area contributed by atoms with Crippen LogP contribution in [0.15, 0.2) is 116 Å². The van der Waals surface area contributed by atoms with Gasteiger partial charge in [-0.25, -0.2) is 28.6 Å². The van der Waals surface area contributed by atoms with Gasteiger partial charge in [-0.2, -0.15) is 15.6 Å². The Morgan fingerprint density at radius 3 is 2.14 bits per heavy atom. The van der Waals surface area contributed by atoms with Crippen LogP contribution in [0.4, 0.5) is 17.6 Å². The van der Waals surface area contributed by atoms with E-state index in [1.165, 1.54) is 77.6 Å². The molecule has 0 saturated heterocycles. The molecule has 1 unspecified atom stereocenters. The van der Waals surface area contributed by atoms with Gasteiger partial charge in [-0.1, -0.05) is 77.3 Å². The van der Waals surface area contributed by atoms with E-state index in [2.05, 4.69) is 35.6 Å². The van der Waals surface area contributed by atoms with Crippen molar-refractivity contribution in [2.24, 2.45) is 7.05 Å². The van der Waals surface area contributed by atoms with Gasteiger partial charge < -0.3 is 33.4 Å². The molecule has 4 aromatic carbocycles. The number of benzene rings is 4. The Labute approximate surface area is 434 Å². The SMILES string of the molecule is CO/C=C(/C(=O)OC)c1ccccc1Oc1cc(Oc2ccccc2C#N)ncn1.CON(C(=O)c1cn(C)nc1C(F)F)C(C)Cc1c(Cl)cc(Cl)cc1Cl.N#Cc1c[nH]cc1-c1cccc2c1OC(F)(F)O2. The fraction of sp³-hybridized carbons (Fsp3) is 0.180. The standard InChI is InChI=1S/C22H17N3O5.C16H16Cl3F2N3O2.C12H6F2N2O2/c1-27-13-17(22(26)28-2)16-8-4-6-10-19(16)30-21-11-20(24-14-25-21)29-18-9-5-3-7-15(18)12-23;1-8(4-10-12(18)5-9(17)6-13(10)19)24(26-3)16(25)11-7-23(2)22-14(11)15(20)21;13-12(14)17-10-3-1-2-8(11(10)18-12)9-6-16-5-7(9)4-15/h3-11,13-14H,1-2H3;5-8,15H,4H2,1-3H3;1-3,5-6,16H/b17-13+;;. The number of hydrogen-bond acceptors (Lipinski definition) is 14.